The van der Waals surface area contributed by atoms with E-state index in [4.69, 9.17) is 9.47 Å². The standard InChI is InChI=1S/C15H20O3/c1-2-9-18-14-7-5-12(6-8-14)15(16)13-4-3-10-17-11-13/h5-8,11,15-16H,2-4,9-10H2,1H3. The second-order valence-corrected chi connectivity index (χ2v) is 4.49. The molecule has 0 bridgehead atoms. The maximum atomic E-state index is 10.2. The zero-order valence-corrected chi connectivity index (χ0v) is 10.8. The number of hydrogen-bond acceptors (Lipinski definition) is 3. The van der Waals surface area contributed by atoms with E-state index in [1.807, 2.05) is 24.3 Å². The maximum Gasteiger partial charge on any atom is 0.119 e. The third kappa shape index (κ3) is 3.26. The average molecular weight is 248 g/mol. The predicted molar refractivity (Wildman–Crippen MR) is 70.5 cm³/mol. The number of rotatable bonds is 5. The molecule has 1 atom stereocenters. The van der Waals surface area contributed by atoms with Crippen molar-refractivity contribution in [3.63, 3.8) is 0 Å². The van der Waals surface area contributed by atoms with Gasteiger partial charge in [0.25, 0.3) is 0 Å². The van der Waals surface area contributed by atoms with E-state index in [1.165, 1.54) is 0 Å². The molecule has 1 aromatic carbocycles. The molecule has 0 spiro atoms. The molecule has 0 radical (unpaired) electrons. The Morgan fingerprint density at radius 1 is 1.33 bits per heavy atom. The highest BCUT2D eigenvalue weighted by Crippen LogP contribution is 2.28. The SMILES string of the molecule is CCCOc1ccc(C(O)C2=COCCC2)cc1. The summed E-state index contributed by atoms with van der Waals surface area (Å²) < 4.78 is 10.8. The fourth-order valence-corrected chi connectivity index (χ4v) is 1.97. The second kappa shape index (κ2) is 6.45. The lowest BCUT2D eigenvalue weighted by atomic mass is 9.98. The summed E-state index contributed by atoms with van der Waals surface area (Å²) >= 11 is 0. The van der Waals surface area contributed by atoms with Crippen LogP contribution in [0.4, 0.5) is 0 Å². The lowest BCUT2D eigenvalue weighted by Crippen LogP contribution is -2.07. The zero-order valence-electron chi connectivity index (χ0n) is 10.8. The normalized spacial score (nSPS) is 16.7. The summed E-state index contributed by atoms with van der Waals surface area (Å²) in [6.45, 7) is 3.55. The van der Waals surface area contributed by atoms with Gasteiger partial charge in [-0.2, -0.15) is 0 Å². The largest absolute Gasteiger partial charge is 0.501 e. The van der Waals surface area contributed by atoms with E-state index in [2.05, 4.69) is 6.92 Å². The number of aliphatic hydroxyl groups is 1. The van der Waals surface area contributed by atoms with E-state index < -0.39 is 6.10 Å². The Kier molecular flexibility index (Phi) is 4.65. The molecule has 3 nitrogen and oxygen atoms in total. The van der Waals surface area contributed by atoms with E-state index in [-0.39, 0.29) is 0 Å². The first-order chi connectivity index (χ1) is 8.81. The Balaban J connectivity index is 2.02. The lowest BCUT2D eigenvalue weighted by Gasteiger charge is -2.19. The number of benzene rings is 1. The fraction of sp³-hybridized carbons (Fsp3) is 0.467. The van der Waals surface area contributed by atoms with E-state index >= 15 is 0 Å². The minimum atomic E-state index is -0.564. The first-order valence-electron chi connectivity index (χ1n) is 6.52. The molecule has 0 aliphatic carbocycles. The third-order valence-electron chi connectivity index (χ3n) is 2.98. The minimum absolute atomic E-state index is 0.564. The second-order valence-electron chi connectivity index (χ2n) is 4.49. The molecular weight excluding hydrogens is 228 g/mol. The Hall–Kier alpha value is -1.48. The molecule has 1 N–H and O–H groups in total. The van der Waals surface area contributed by atoms with Crippen LogP contribution in [0.2, 0.25) is 0 Å². The van der Waals surface area contributed by atoms with Gasteiger partial charge in [-0.15, -0.1) is 0 Å². The molecule has 18 heavy (non-hydrogen) atoms. The molecule has 3 heteroatoms. The van der Waals surface area contributed by atoms with Crippen molar-refractivity contribution in [3.05, 3.63) is 41.7 Å². The number of aliphatic hydroxyl groups excluding tert-OH is 1. The summed E-state index contributed by atoms with van der Waals surface area (Å²) in [5.74, 6) is 0.849. The van der Waals surface area contributed by atoms with Gasteiger partial charge < -0.3 is 14.6 Å². The van der Waals surface area contributed by atoms with Crippen LogP contribution in [-0.2, 0) is 4.74 Å². The number of hydrogen-bond donors (Lipinski definition) is 1. The van der Waals surface area contributed by atoms with Gasteiger partial charge in [-0.1, -0.05) is 19.1 Å². The first-order valence-corrected chi connectivity index (χ1v) is 6.52. The van der Waals surface area contributed by atoms with Gasteiger partial charge in [0.15, 0.2) is 0 Å². The summed E-state index contributed by atoms with van der Waals surface area (Å²) in [4.78, 5) is 0. The van der Waals surface area contributed by atoms with Crippen molar-refractivity contribution >= 4 is 0 Å². The Morgan fingerprint density at radius 3 is 2.72 bits per heavy atom. The van der Waals surface area contributed by atoms with Crippen LogP contribution in [0, 0.1) is 0 Å². The summed E-state index contributed by atoms with van der Waals surface area (Å²) in [6.07, 6.45) is 3.99. The summed E-state index contributed by atoms with van der Waals surface area (Å²) in [5.41, 5.74) is 1.83. The molecule has 1 unspecified atom stereocenters. The van der Waals surface area contributed by atoms with Crippen molar-refractivity contribution in [2.75, 3.05) is 13.2 Å². The molecular formula is C15H20O3. The van der Waals surface area contributed by atoms with E-state index in [0.29, 0.717) is 0 Å². The Morgan fingerprint density at radius 2 is 2.11 bits per heavy atom. The van der Waals surface area contributed by atoms with Crippen molar-refractivity contribution in [3.8, 4) is 5.75 Å². The van der Waals surface area contributed by atoms with Gasteiger partial charge in [-0.3, -0.25) is 0 Å². The molecule has 98 valence electrons. The molecule has 0 fully saturated rings. The molecule has 1 heterocycles. The average Bonchev–Trinajstić information content (AvgIpc) is 2.46. The highest BCUT2D eigenvalue weighted by atomic mass is 16.5. The van der Waals surface area contributed by atoms with Crippen LogP contribution in [0.25, 0.3) is 0 Å². The minimum Gasteiger partial charge on any atom is -0.501 e. The molecule has 0 amide bonds. The monoisotopic (exact) mass is 248 g/mol. The van der Waals surface area contributed by atoms with Crippen molar-refractivity contribution < 1.29 is 14.6 Å². The highest BCUT2D eigenvalue weighted by molar-refractivity contribution is 5.32. The van der Waals surface area contributed by atoms with Crippen LogP contribution >= 0.6 is 0 Å². The van der Waals surface area contributed by atoms with E-state index in [0.717, 1.165) is 49.4 Å². The van der Waals surface area contributed by atoms with Gasteiger partial charge >= 0.3 is 0 Å². The van der Waals surface area contributed by atoms with Crippen LogP contribution in [0.15, 0.2) is 36.1 Å². The van der Waals surface area contributed by atoms with Crippen molar-refractivity contribution in [2.45, 2.75) is 32.3 Å². The topological polar surface area (TPSA) is 38.7 Å². The smallest absolute Gasteiger partial charge is 0.119 e. The van der Waals surface area contributed by atoms with Crippen molar-refractivity contribution in [2.24, 2.45) is 0 Å². The van der Waals surface area contributed by atoms with Crippen LogP contribution in [0.5, 0.6) is 5.75 Å². The van der Waals surface area contributed by atoms with Gasteiger partial charge in [-0.25, -0.2) is 0 Å². The van der Waals surface area contributed by atoms with Crippen molar-refractivity contribution in [1.29, 1.82) is 0 Å². The van der Waals surface area contributed by atoms with Gasteiger partial charge in [0.05, 0.1) is 19.5 Å². The molecule has 2 rings (SSSR count). The molecule has 1 aliphatic rings. The Bertz CT molecular complexity index is 395. The molecule has 0 saturated carbocycles. The summed E-state index contributed by atoms with van der Waals surface area (Å²) in [5, 5.41) is 10.2. The molecule has 0 aromatic heterocycles. The van der Waals surface area contributed by atoms with Crippen LogP contribution in [-0.4, -0.2) is 18.3 Å². The summed E-state index contributed by atoms with van der Waals surface area (Å²) in [7, 11) is 0. The van der Waals surface area contributed by atoms with Gasteiger partial charge in [0.2, 0.25) is 0 Å². The third-order valence-corrected chi connectivity index (χ3v) is 2.98. The van der Waals surface area contributed by atoms with Crippen molar-refractivity contribution in [1.82, 2.24) is 0 Å². The quantitative estimate of drug-likeness (QED) is 0.869. The van der Waals surface area contributed by atoms with Crippen LogP contribution in [0.3, 0.4) is 0 Å². The summed E-state index contributed by atoms with van der Waals surface area (Å²) in [6, 6.07) is 7.62. The lowest BCUT2D eigenvalue weighted by molar-refractivity contribution is 0.170. The molecule has 0 saturated heterocycles. The van der Waals surface area contributed by atoms with Crippen LogP contribution < -0.4 is 4.74 Å². The fourth-order valence-electron chi connectivity index (χ4n) is 1.97. The highest BCUT2D eigenvalue weighted by Gasteiger charge is 2.16. The number of ether oxygens (including phenoxy) is 2. The zero-order chi connectivity index (χ0) is 12.8. The van der Waals surface area contributed by atoms with Gasteiger partial charge in [0, 0.05) is 0 Å². The first kappa shape index (κ1) is 13.0. The van der Waals surface area contributed by atoms with E-state index in [1.54, 1.807) is 6.26 Å². The maximum absolute atomic E-state index is 10.2. The predicted octanol–water partition coefficient (Wildman–Crippen LogP) is 3.20. The van der Waals surface area contributed by atoms with E-state index in [9.17, 15) is 5.11 Å². The van der Waals surface area contributed by atoms with Gasteiger partial charge in [-0.05, 0) is 42.5 Å². The Labute approximate surface area is 108 Å². The van der Waals surface area contributed by atoms with Crippen LogP contribution in [0.1, 0.15) is 37.9 Å². The molecule has 1 aliphatic heterocycles. The van der Waals surface area contributed by atoms with Gasteiger partial charge in [0.1, 0.15) is 11.9 Å². The molecule has 1 aromatic rings.